The number of hydrogen-bond acceptors (Lipinski definition) is 5. The van der Waals surface area contributed by atoms with Crippen LogP contribution in [0, 0.1) is 0 Å². The fourth-order valence-corrected chi connectivity index (χ4v) is 4.50. The van der Waals surface area contributed by atoms with Gasteiger partial charge in [0.1, 0.15) is 10.6 Å². The van der Waals surface area contributed by atoms with E-state index in [1.807, 2.05) is 19.9 Å². The Hall–Kier alpha value is -1.77. The quantitative estimate of drug-likeness (QED) is 0.607. The average Bonchev–Trinajstić information content (AvgIpc) is 2.63. The second-order valence-electron chi connectivity index (χ2n) is 5.71. The minimum atomic E-state index is -3.80. The molecule has 0 saturated carbocycles. The SMILES string of the molecule is CCOc1ccc([C@H](C)NS(=O)(=O)c2cc(Br)ccc2OC)cc1OCC. The molecule has 0 aromatic heterocycles. The van der Waals surface area contributed by atoms with Crippen LogP contribution in [0.5, 0.6) is 17.2 Å². The van der Waals surface area contributed by atoms with Crippen molar-refractivity contribution in [2.24, 2.45) is 0 Å². The van der Waals surface area contributed by atoms with E-state index in [9.17, 15) is 8.42 Å². The van der Waals surface area contributed by atoms with Gasteiger partial charge in [0.2, 0.25) is 10.0 Å². The monoisotopic (exact) mass is 457 g/mol. The maximum absolute atomic E-state index is 12.9. The van der Waals surface area contributed by atoms with Crippen molar-refractivity contribution in [3.8, 4) is 17.2 Å². The predicted octanol–water partition coefficient (Wildman–Crippen LogP) is 4.29. The van der Waals surface area contributed by atoms with Crippen LogP contribution in [0.25, 0.3) is 0 Å². The van der Waals surface area contributed by atoms with Crippen molar-refractivity contribution in [2.75, 3.05) is 20.3 Å². The number of hydrogen-bond donors (Lipinski definition) is 1. The van der Waals surface area contributed by atoms with Crippen LogP contribution in [0.1, 0.15) is 32.4 Å². The van der Waals surface area contributed by atoms with Crippen molar-refractivity contribution < 1.29 is 22.6 Å². The van der Waals surface area contributed by atoms with Gasteiger partial charge in [0.15, 0.2) is 11.5 Å². The molecule has 6 nitrogen and oxygen atoms in total. The molecule has 0 saturated heterocycles. The highest BCUT2D eigenvalue weighted by molar-refractivity contribution is 9.10. The van der Waals surface area contributed by atoms with E-state index in [1.165, 1.54) is 13.2 Å². The summed E-state index contributed by atoms with van der Waals surface area (Å²) >= 11 is 3.30. The summed E-state index contributed by atoms with van der Waals surface area (Å²) in [5.41, 5.74) is 0.763. The summed E-state index contributed by atoms with van der Waals surface area (Å²) in [7, 11) is -2.36. The summed E-state index contributed by atoms with van der Waals surface area (Å²) in [6, 6.07) is 9.76. The van der Waals surface area contributed by atoms with Gasteiger partial charge in [0, 0.05) is 10.5 Å². The van der Waals surface area contributed by atoms with Crippen molar-refractivity contribution in [1.29, 1.82) is 0 Å². The lowest BCUT2D eigenvalue weighted by atomic mass is 10.1. The van der Waals surface area contributed by atoms with Gasteiger partial charge < -0.3 is 14.2 Å². The Labute approximate surface area is 169 Å². The standard InChI is InChI=1S/C19H24BrNO5S/c1-5-25-16-9-7-14(11-18(16)26-6-2)13(3)21-27(22,23)19-12-15(20)8-10-17(19)24-4/h7-13,21H,5-6H2,1-4H3/t13-/m0/s1. The van der Waals surface area contributed by atoms with Gasteiger partial charge >= 0.3 is 0 Å². The highest BCUT2D eigenvalue weighted by Crippen LogP contribution is 2.32. The molecule has 0 radical (unpaired) electrons. The zero-order chi connectivity index (χ0) is 20.0. The second-order valence-corrected chi connectivity index (χ2v) is 8.31. The number of methoxy groups -OCH3 is 1. The van der Waals surface area contributed by atoms with Crippen LogP contribution in [0.3, 0.4) is 0 Å². The van der Waals surface area contributed by atoms with Gasteiger partial charge in [-0.3, -0.25) is 0 Å². The normalized spacial score (nSPS) is 12.5. The molecule has 0 aliphatic heterocycles. The molecular formula is C19H24BrNO5S. The van der Waals surface area contributed by atoms with E-state index in [1.54, 1.807) is 31.2 Å². The number of ether oxygens (including phenoxy) is 3. The van der Waals surface area contributed by atoms with Crippen molar-refractivity contribution in [1.82, 2.24) is 4.72 Å². The largest absolute Gasteiger partial charge is 0.495 e. The molecule has 1 N–H and O–H groups in total. The van der Waals surface area contributed by atoms with Crippen molar-refractivity contribution >= 4 is 26.0 Å². The Morgan fingerprint density at radius 3 is 2.26 bits per heavy atom. The lowest BCUT2D eigenvalue weighted by molar-refractivity contribution is 0.287. The zero-order valence-electron chi connectivity index (χ0n) is 15.8. The van der Waals surface area contributed by atoms with Crippen molar-refractivity contribution in [3.05, 3.63) is 46.4 Å². The van der Waals surface area contributed by atoms with E-state index in [-0.39, 0.29) is 10.6 Å². The minimum Gasteiger partial charge on any atom is -0.495 e. The maximum Gasteiger partial charge on any atom is 0.244 e. The zero-order valence-corrected chi connectivity index (χ0v) is 18.2. The molecule has 27 heavy (non-hydrogen) atoms. The van der Waals surface area contributed by atoms with Gasteiger partial charge in [-0.1, -0.05) is 22.0 Å². The molecule has 0 aliphatic rings. The first kappa shape index (κ1) is 21.5. The second kappa shape index (κ2) is 9.43. The van der Waals surface area contributed by atoms with E-state index < -0.39 is 16.1 Å². The number of rotatable bonds is 9. The Balaban J connectivity index is 2.32. The molecule has 0 unspecified atom stereocenters. The Morgan fingerprint density at radius 1 is 1.00 bits per heavy atom. The molecule has 2 aromatic carbocycles. The van der Waals surface area contributed by atoms with Gasteiger partial charge in [-0.05, 0) is 56.7 Å². The molecule has 2 rings (SSSR count). The highest BCUT2D eigenvalue weighted by Gasteiger charge is 2.23. The van der Waals surface area contributed by atoms with Crippen molar-refractivity contribution in [2.45, 2.75) is 31.7 Å². The third-order valence-electron chi connectivity index (χ3n) is 3.81. The average molecular weight is 458 g/mol. The molecule has 0 spiro atoms. The molecule has 8 heteroatoms. The van der Waals surface area contributed by atoms with E-state index >= 15 is 0 Å². The van der Waals surface area contributed by atoms with E-state index in [2.05, 4.69) is 20.7 Å². The van der Waals surface area contributed by atoms with Crippen LogP contribution < -0.4 is 18.9 Å². The minimum absolute atomic E-state index is 0.0715. The Morgan fingerprint density at radius 2 is 1.63 bits per heavy atom. The fraction of sp³-hybridized carbons (Fsp3) is 0.368. The smallest absolute Gasteiger partial charge is 0.244 e. The van der Waals surface area contributed by atoms with E-state index in [4.69, 9.17) is 14.2 Å². The van der Waals surface area contributed by atoms with Crippen LogP contribution in [0.4, 0.5) is 0 Å². The topological polar surface area (TPSA) is 73.9 Å². The van der Waals surface area contributed by atoms with Gasteiger partial charge in [0.05, 0.1) is 20.3 Å². The molecule has 0 bridgehead atoms. The highest BCUT2D eigenvalue weighted by atomic mass is 79.9. The van der Waals surface area contributed by atoms with E-state index in [0.717, 1.165) is 5.56 Å². The molecule has 148 valence electrons. The molecule has 1 atom stereocenters. The summed E-state index contributed by atoms with van der Waals surface area (Å²) in [5, 5.41) is 0. The summed E-state index contributed by atoms with van der Waals surface area (Å²) in [6.07, 6.45) is 0. The van der Waals surface area contributed by atoms with Crippen LogP contribution in [-0.2, 0) is 10.0 Å². The third-order valence-corrected chi connectivity index (χ3v) is 5.87. The summed E-state index contributed by atoms with van der Waals surface area (Å²) < 4.78 is 45.4. The summed E-state index contributed by atoms with van der Waals surface area (Å²) in [5.74, 6) is 1.49. The van der Waals surface area contributed by atoms with Crippen LogP contribution in [-0.4, -0.2) is 28.7 Å². The maximum atomic E-state index is 12.9. The molecular weight excluding hydrogens is 434 g/mol. The Kier molecular flexibility index (Phi) is 7.52. The first-order chi connectivity index (χ1) is 12.8. The number of halogens is 1. The number of benzene rings is 2. The van der Waals surface area contributed by atoms with Gasteiger partial charge in [-0.2, -0.15) is 0 Å². The lowest BCUT2D eigenvalue weighted by Crippen LogP contribution is -2.27. The van der Waals surface area contributed by atoms with Gasteiger partial charge in [0.25, 0.3) is 0 Å². The first-order valence-corrected chi connectivity index (χ1v) is 10.8. The summed E-state index contributed by atoms with van der Waals surface area (Å²) in [4.78, 5) is 0.0715. The van der Waals surface area contributed by atoms with Crippen LogP contribution in [0.2, 0.25) is 0 Å². The van der Waals surface area contributed by atoms with E-state index in [0.29, 0.717) is 29.2 Å². The van der Waals surface area contributed by atoms with Gasteiger partial charge in [-0.15, -0.1) is 0 Å². The van der Waals surface area contributed by atoms with Gasteiger partial charge in [-0.25, -0.2) is 13.1 Å². The number of sulfonamides is 1. The van der Waals surface area contributed by atoms with Crippen LogP contribution in [0.15, 0.2) is 45.8 Å². The van der Waals surface area contributed by atoms with Crippen molar-refractivity contribution in [3.63, 3.8) is 0 Å². The third kappa shape index (κ3) is 5.37. The molecule has 0 heterocycles. The predicted molar refractivity (Wildman–Crippen MR) is 108 cm³/mol. The van der Waals surface area contributed by atoms with Crippen LogP contribution >= 0.6 is 15.9 Å². The summed E-state index contributed by atoms with van der Waals surface area (Å²) in [6.45, 7) is 6.55. The number of nitrogens with one attached hydrogen (secondary N) is 1. The lowest BCUT2D eigenvalue weighted by Gasteiger charge is -2.18. The first-order valence-electron chi connectivity index (χ1n) is 8.57. The molecule has 0 amide bonds. The molecule has 0 aliphatic carbocycles. The Bertz CT molecular complexity index is 886. The molecule has 2 aromatic rings. The fourth-order valence-electron chi connectivity index (χ4n) is 2.56. The molecule has 0 fully saturated rings.